The van der Waals surface area contributed by atoms with Crippen LogP contribution in [0, 0.1) is 12.8 Å². The van der Waals surface area contributed by atoms with Gasteiger partial charge in [0.25, 0.3) is 0 Å². The molecule has 0 saturated carbocycles. The number of nitrogens with zero attached hydrogens (tertiary/aromatic N) is 2. The molecule has 0 unspecified atom stereocenters. The third-order valence-electron chi connectivity index (χ3n) is 3.88. The number of benzene rings is 1. The number of aromatic nitrogens is 1. The Morgan fingerprint density at radius 2 is 2.09 bits per heavy atom. The lowest BCUT2D eigenvalue weighted by molar-refractivity contribution is -0.143. The van der Waals surface area contributed by atoms with Crippen LogP contribution < -0.4 is 5.32 Å². The van der Waals surface area contributed by atoms with Gasteiger partial charge in [0.15, 0.2) is 0 Å². The van der Waals surface area contributed by atoms with E-state index < -0.39 is 5.97 Å². The van der Waals surface area contributed by atoms with Gasteiger partial charge in [0, 0.05) is 18.8 Å². The number of piperidine rings is 1. The number of anilines is 1. The van der Waals surface area contributed by atoms with Crippen molar-refractivity contribution in [3.05, 3.63) is 23.2 Å². The minimum atomic E-state index is -0.772. The van der Waals surface area contributed by atoms with Crippen LogP contribution in [0.25, 0.3) is 10.2 Å². The molecule has 1 saturated heterocycles. The highest BCUT2D eigenvalue weighted by molar-refractivity contribution is 7.18. The molecule has 1 aromatic heterocycles. The Balaban J connectivity index is 1.64. The molecule has 2 N–H and O–H groups in total. The van der Waals surface area contributed by atoms with E-state index in [1.165, 1.54) is 0 Å². The number of hydrogen-bond acceptors (Lipinski definition) is 4. The van der Waals surface area contributed by atoms with Gasteiger partial charge in [-0.05, 0) is 38.0 Å². The highest BCUT2D eigenvalue weighted by Gasteiger charge is 2.26. The third kappa shape index (κ3) is 3.04. The average Bonchev–Trinajstić information content (AvgIpc) is 2.86. The van der Waals surface area contributed by atoms with Gasteiger partial charge in [-0.2, -0.15) is 0 Å². The lowest BCUT2D eigenvalue weighted by atomic mass is 9.97. The predicted molar refractivity (Wildman–Crippen MR) is 85.3 cm³/mol. The number of nitrogens with one attached hydrogen (secondary N) is 1. The zero-order valence-corrected chi connectivity index (χ0v) is 13.0. The molecule has 2 aromatic rings. The van der Waals surface area contributed by atoms with Crippen molar-refractivity contribution < 1.29 is 14.7 Å². The quantitative estimate of drug-likeness (QED) is 0.891. The van der Waals surface area contributed by atoms with Gasteiger partial charge >= 0.3 is 12.0 Å². The molecule has 3 rings (SSSR count). The molecule has 6 nitrogen and oxygen atoms in total. The van der Waals surface area contributed by atoms with Gasteiger partial charge in [-0.1, -0.05) is 0 Å². The van der Waals surface area contributed by atoms with Gasteiger partial charge in [0.1, 0.15) is 0 Å². The van der Waals surface area contributed by atoms with E-state index in [9.17, 15) is 9.59 Å². The number of urea groups is 1. The fourth-order valence-electron chi connectivity index (χ4n) is 2.65. The summed E-state index contributed by atoms with van der Waals surface area (Å²) in [7, 11) is 0. The first-order valence-corrected chi connectivity index (χ1v) is 8.00. The number of likely N-dealkylation sites (tertiary alicyclic amines) is 1. The summed E-state index contributed by atoms with van der Waals surface area (Å²) in [6.45, 7) is 2.91. The SMILES string of the molecule is Cc1nc2ccc(NC(=O)N3CCC(C(=O)O)CC3)cc2s1. The van der Waals surface area contributed by atoms with Crippen LogP contribution in [-0.4, -0.2) is 40.1 Å². The number of rotatable bonds is 2. The minimum Gasteiger partial charge on any atom is -0.481 e. The topological polar surface area (TPSA) is 82.5 Å². The fraction of sp³-hybridized carbons (Fsp3) is 0.400. The predicted octanol–water partition coefficient (Wildman–Crippen LogP) is 2.93. The maximum Gasteiger partial charge on any atom is 0.321 e. The highest BCUT2D eigenvalue weighted by atomic mass is 32.1. The number of hydrogen-bond donors (Lipinski definition) is 2. The second-order valence-corrected chi connectivity index (χ2v) is 6.68. The van der Waals surface area contributed by atoms with Crippen LogP contribution in [-0.2, 0) is 4.79 Å². The molecule has 0 spiro atoms. The Morgan fingerprint density at radius 1 is 1.36 bits per heavy atom. The van der Waals surface area contributed by atoms with E-state index in [0.29, 0.717) is 25.9 Å². The highest BCUT2D eigenvalue weighted by Crippen LogP contribution is 2.25. The van der Waals surface area contributed by atoms with E-state index in [-0.39, 0.29) is 11.9 Å². The molecule has 1 aromatic carbocycles. The van der Waals surface area contributed by atoms with Gasteiger partial charge in [-0.25, -0.2) is 9.78 Å². The average molecular weight is 319 g/mol. The molecule has 1 aliphatic rings. The molecule has 0 bridgehead atoms. The van der Waals surface area contributed by atoms with Crippen LogP contribution >= 0.6 is 11.3 Å². The number of thiazole rings is 1. The number of carboxylic acids is 1. The second-order valence-electron chi connectivity index (χ2n) is 5.45. The normalized spacial score (nSPS) is 16.0. The van der Waals surface area contributed by atoms with Gasteiger partial charge in [0.2, 0.25) is 0 Å². The summed E-state index contributed by atoms with van der Waals surface area (Å²) in [5, 5.41) is 12.8. The number of carbonyl (C=O) groups excluding carboxylic acids is 1. The minimum absolute atomic E-state index is 0.176. The van der Waals surface area contributed by atoms with Crippen molar-refractivity contribution in [1.82, 2.24) is 9.88 Å². The first-order chi connectivity index (χ1) is 10.5. The largest absolute Gasteiger partial charge is 0.481 e. The lowest BCUT2D eigenvalue weighted by Gasteiger charge is -2.30. The van der Waals surface area contributed by atoms with E-state index in [1.54, 1.807) is 16.2 Å². The zero-order valence-electron chi connectivity index (χ0n) is 12.2. The zero-order chi connectivity index (χ0) is 15.7. The molecule has 1 aliphatic heterocycles. The van der Waals surface area contributed by atoms with Crippen molar-refractivity contribution >= 4 is 39.2 Å². The lowest BCUT2D eigenvalue weighted by Crippen LogP contribution is -2.42. The Bertz CT molecular complexity index is 720. The van der Waals surface area contributed by atoms with Crippen LogP contribution in [0.4, 0.5) is 10.5 Å². The van der Waals surface area contributed by atoms with Crippen LogP contribution in [0.3, 0.4) is 0 Å². The Labute approximate surface area is 131 Å². The summed E-state index contributed by atoms with van der Waals surface area (Å²) < 4.78 is 1.04. The number of amides is 2. The molecule has 7 heteroatoms. The monoisotopic (exact) mass is 319 g/mol. The first kappa shape index (κ1) is 14.8. The summed E-state index contributed by atoms with van der Waals surface area (Å²) in [6, 6.07) is 5.47. The Kier molecular flexibility index (Phi) is 3.98. The molecule has 2 heterocycles. The molecule has 116 valence electrons. The van der Waals surface area contributed by atoms with Crippen LogP contribution in [0.2, 0.25) is 0 Å². The van der Waals surface area contributed by atoms with Crippen molar-refractivity contribution in [1.29, 1.82) is 0 Å². The third-order valence-corrected chi connectivity index (χ3v) is 4.81. The molecule has 1 fully saturated rings. The Hall–Kier alpha value is -2.15. The molecular weight excluding hydrogens is 302 g/mol. The fourth-order valence-corrected chi connectivity index (χ4v) is 3.52. The summed E-state index contributed by atoms with van der Waals surface area (Å²) >= 11 is 1.59. The van der Waals surface area contributed by atoms with E-state index in [2.05, 4.69) is 10.3 Å². The van der Waals surface area contributed by atoms with Crippen LogP contribution in [0.15, 0.2) is 18.2 Å². The smallest absolute Gasteiger partial charge is 0.321 e. The molecule has 0 atom stereocenters. The Morgan fingerprint density at radius 3 is 2.77 bits per heavy atom. The molecule has 0 radical (unpaired) electrons. The number of carbonyl (C=O) groups is 2. The maximum atomic E-state index is 12.2. The number of fused-ring (bicyclic) bond motifs is 1. The number of aliphatic carboxylic acids is 1. The van der Waals surface area contributed by atoms with E-state index in [1.807, 2.05) is 25.1 Å². The number of aryl methyl sites for hydroxylation is 1. The van der Waals surface area contributed by atoms with Crippen molar-refractivity contribution in [2.24, 2.45) is 5.92 Å². The standard InChI is InChI=1S/C15H17N3O3S/c1-9-16-12-3-2-11(8-13(12)22-9)17-15(21)18-6-4-10(5-7-18)14(19)20/h2-3,8,10H,4-7H2,1H3,(H,17,21)(H,19,20). The van der Waals surface area contributed by atoms with E-state index >= 15 is 0 Å². The summed E-state index contributed by atoms with van der Waals surface area (Å²) in [5.41, 5.74) is 1.67. The molecule has 22 heavy (non-hydrogen) atoms. The van der Waals surface area contributed by atoms with Crippen LogP contribution in [0.5, 0.6) is 0 Å². The van der Waals surface area contributed by atoms with Gasteiger partial charge < -0.3 is 15.3 Å². The molecular formula is C15H17N3O3S. The maximum absolute atomic E-state index is 12.2. The number of carboxylic acid groups (broad SMARTS) is 1. The molecule has 2 amide bonds. The van der Waals surface area contributed by atoms with E-state index in [0.717, 1.165) is 20.9 Å². The first-order valence-electron chi connectivity index (χ1n) is 7.19. The summed E-state index contributed by atoms with van der Waals surface area (Å²) in [6.07, 6.45) is 1.02. The molecule has 0 aliphatic carbocycles. The van der Waals surface area contributed by atoms with Gasteiger partial charge in [-0.3, -0.25) is 4.79 Å². The summed E-state index contributed by atoms with van der Waals surface area (Å²) in [4.78, 5) is 29.2. The van der Waals surface area contributed by atoms with Gasteiger partial charge in [-0.15, -0.1) is 11.3 Å². The summed E-state index contributed by atoms with van der Waals surface area (Å²) in [5.74, 6) is -1.10. The van der Waals surface area contributed by atoms with E-state index in [4.69, 9.17) is 5.11 Å². The van der Waals surface area contributed by atoms with Gasteiger partial charge in [0.05, 0.1) is 21.1 Å². The second kappa shape index (κ2) is 5.92. The van der Waals surface area contributed by atoms with Crippen LogP contribution in [0.1, 0.15) is 17.8 Å². The van der Waals surface area contributed by atoms with Crippen molar-refractivity contribution in [3.8, 4) is 0 Å². The van der Waals surface area contributed by atoms with Crippen molar-refractivity contribution in [3.63, 3.8) is 0 Å². The van der Waals surface area contributed by atoms with Crippen molar-refractivity contribution in [2.45, 2.75) is 19.8 Å². The van der Waals surface area contributed by atoms with Crippen molar-refractivity contribution in [2.75, 3.05) is 18.4 Å².